The topological polar surface area (TPSA) is 61.4 Å². The number of alkyl halides is 2. The quantitative estimate of drug-likeness (QED) is 0.470. The lowest BCUT2D eigenvalue weighted by atomic mass is 10.2. The fraction of sp³-hybridized carbons (Fsp3) is 0.222. The lowest BCUT2D eigenvalue weighted by molar-refractivity contribution is 0.0715. The van der Waals surface area contributed by atoms with Crippen LogP contribution in [0.2, 0.25) is 0 Å². The number of nitrogens with zero attached hydrogens (tertiary/aromatic N) is 6. The van der Waals surface area contributed by atoms with Gasteiger partial charge in [0, 0.05) is 0 Å². The normalized spacial score (nSPS) is 12.8. The lowest BCUT2D eigenvalue weighted by Gasteiger charge is -2.13. The van der Waals surface area contributed by atoms with E-state index >= 15 is 0 Å². The standard InChI is InChI=1S/C18H16F2N6S/c1-11-7-9-13(10-8-11)26-18(22-23-24-26)27-12(2)16-21-14-5-3-4-6-15(14)25(16)17(19)20/h3-10,12,17H,1-2H3. The number of tetrazole rings is 1. The average Bonchev–Trinajstić information content (AvgIpc) is 3.26. The molecule has 4 aromatic rings. The SMILES string of the molecule is Cc1ccc(-n2nnnc2SC(C)c2nc3ccccc3n2C(F)F)cc1. The zero-order valence-corrected chi connectivity index (χ0v) is 15.4. The zero-order valence-electron chi connectivity index (χ0n) is 14.6. The fourth-order valence-corrected chi connectivity index (χ4v) is 3.78. The van der Waals surface area contributed by atoms with Gasteiger partial charge in [-0.1, -0.05) is 41.6 Å². The van der Waals surface area contributed by atoms with Crippen molar-refractivity contribution < 1.29 is 8.78 Å². The highest BCUT2D eigenvalue weighted by molar-refractivity contribution is 7.99. The largest absolute Gasteiger partial charge is 0.320 e. The van der Waals surface area contributed by atoms with E-state index in [4.69, 9.17) is 0 Å². The Kier molecular flexibility index (Phi) is 4.61. The third kappa shape index (κ3) is 3.30. The van der Waals surface area contributed by atoms with Crippen LogP contribution in [0.5, 0.6) is 0 Å². The van der Waals surface area contributed by atoms with Gasteiger partial charge in [0.05, 0.1) is 22.0 Å². The number of imidazole rings is 1. The average molecular weight is 386 g/mol. The van der Waals surface area contributed by atoms with Gasteiger partial charge in [0.1, 0.15) is 5.82 Å². The van der Waals surface area contributed by atoms with Crippen molar-refractivity contribution in [2.24, 2.45) is 0 Å². The third-order valence-electron chi connectivity index (χ3n) is 4.18. The molecule has 0 aliphatic heterocycles. The molecule has 0 bridgehead atoms. The summed E-state index contributed by atoms with van der Waals surface area (Å²) in [4.78, 5) is 4.41. The molecule has 1 atom stereocenters. The molecule has 27 heavy (non-hydrogen) atoms. The first-order chi connectivity index (χ1) is 13.0. The maximum atomic E-state index is 13.7. The van der Waals surface area contributed by atoms with Crippen molar-refractivity contribution >= 4 is 22.8 Å². The molecule has 2 heterocycles. The highest BCUT2D eigenvalue weighted by Crippen LogP contribution is 2.37. The van der Waals surface area contributed by atoms with Crippen LogP contribution in [0.1, 0.15) is 30.1 Å². The van der Waals surface area contributed by atoms with Crippen LogP contribution in [0.4, 0.5) is 8.78 Å². The minimum Gasteiger partial charge on any atom is -0.269 e. The highest BCUT2D eigenvalue weighted by Gasteiger charge is 2.24. The molecule has 1 unspecified atom stereocenters. The lowest BCUT2D eigenvalue weighted by Crippen LogP contribution is -2.07. The van der Waals surface area contributed by atoms with Crippen LogP contribution in [0, 0.1) is 6.92 Å². The Balaban J connectivity index is 1.69. The summed E-state index contributed by atoms with van der Waals surface area (Å²) in [7, 11) is 0. The first-order valence-electron chi connectivity index (χ1n) is 8.31. The summed E-state index contributed by atoms with van der Waals surface area (Å²) in [5.41, 5.74) is 2.88. The van der Waals surface area contributed by atoms with Crippen molar-refractivity contribution in [2.75, 3.05) is 0 Å². The van der Waals surface area contributed by atoms with Crippen molar-refractivity contribution in [3.8, 4) is 5.69 Å². The van der Waals surface area contributed by atoms with Crippen LogP contribution in [0.15, 0.2) is 53.7 Å². The van der Waals surface area contributed by atoms with Crippen LogP contribution in [0.25, 0.3) is 16.7 Å². The Hall–Kier alpha value is -2.81. The van der Waals surface area contributed by atoms with Gasteiger partial charge in [-0.3, -0.25) is 4.57 Å². The summed E-state index contributed by atoms with van der Waals surface area (Å²) in [6, 6.07) is 14.6. The van der Waals surface area contributed by atoms with Gasteiger partial charge in [-0.05, 0) is 48.5 Å². The van der Waals surface area contributed by atoms with E-state index in [0.29, 0.717) is 16.2 Å². The number of benzene rings is 2. The number of rotatable bonds is 5. The van der Waals surface area contributed by atoms with Crippen LogP contribution < -0.4 is 0 Å². The number of hydrogen-bond donors (Lipinski definition) is 0. The molecule has 0 saturated heterocycles. The van der Waals surface area contributed by atoms with Crippen LogP contribution >= 0.6 is 11.8 Å². The molecule has 4 rings (SSSR count). The van der Waals surface area contributed by atoms with E-state index in [-0.39, 0.29) is 11.1 Å². The highest BCUT2D eigenvalue weighted by atomic mass is 32.2. The summed E-state index contributed by atoms with van der Waals surface area (Å²) >= 11 is 1.29. The van der Waals surface area contributed by atoms with E-state index in [1.54, 1.807) is 28.9 Å². The molecule has 0 N–H and O–H groups in total. The minimum atomic E-state index is -2.68. The Morgan fingerprint density at radius 2 is 1.78 bits per heavy atom. The first-order valence-corrected chi connectivity index (χ1v) is 9.19. The zero-order chi connectivity index (χ0) is 19.0. The predicted octanol–water partition coefficient (Wildman–Crippen LogP) is 4.57. The molecule has 0 fully saturated rings. The number of aryl methyl sites for hydroxylation is 1. The van der Waals surface area contributed by atoms with Crippen molar-refractivity contribution in [2.45, 2.75) is 30.8 Å². The van der Waals surface area contributed by atoms with Crippen molar-refractivity contribution in [3.05, 3.63) is 59.9 Å². The Morgan fingerprint density at radius 1 is 1.04 bits per heavy atom. The number of fused-ring (bicyclic) bond motifs is 1. The molecule has 138 valence electrons. The van der Waals surface area contributed by atoms with Gasteiger partial charge in [0.25, 0.3) is 0 Å². The smallest absolute Gasteiger partial charge is 0.269 e. The molecule has 0 aliphatic rings. The van der Waals surface area contributed by atoms with Crippen molar-refractivity contribution in [1.29, 1.82) is 0 Å². The molecule has 0 saturated carbocycles. The molecule has 0 radical (unpaired) electrons. The second-order valence-electron chi connectivity index (χ2n) is 6.08. The second kappa shape index (κ2) is 7.07. The summed E-state index contributed by atoms with van der Waals surface area (Å²) < 4.78 is 29.9. The maximum Gasteiger partial charge on any atom is 0.320 e. The van der Waals surface area contributed by atoms with Crippen LogP contribution in [-0.2, 0) is 0 Å². The van der Waals surface area contributed by atoms with Crippen molar-refractivity contribution in [3.63, 3.8) is 0 Å². The number of hydrogen-bond acceptors (Lipinski definition) is 5. The molecule has 6 nitrogen and oxygen atoms in total. The molecular formula is C18H16F2N6S. The van der Waals surface area contributed by atoms with Gasteiger partial charge in [-0.2, -0.15) is 13.5 Å². The summed E-state index contributed by atoms with van der Waals surface area (Å²) in [6.07, 6.45) is 0. The molecule has 9 heteroatoms. The van der Waals surface area contributed by atoms with E-state index in [0.717, 1.165) is 15.8 Å². The monoisotopic (exact) mass is 386 g/mol. The number of para-hydroxylation sites is 2. The van der Waals surface area contributed by atoms with E-state index in [1.807, 2.05) is 38.1 Å². The summed E-state index contributed by atoms with van der Waals surface area (Å²) in [5, 5.41) is 11.9. The number of halogens is 2. The molecule has 0 amide bonds. The first kappa shape index (κ1) is 17.6. The Bertz CT molecular complexity index is 1070. The molecule has 0 spiro atoms. The molecule has 0 aliphatic carbocycles. The van der Waals surface area contributed by atoms with Gasteiger partial charge >= 0.3 is 6.55 Å². The molecular weight excluding hydrogens is 370 g/mol. The van der Waals surface area contributed by atoms with Crippen molar-refractivity contribution in [1.82, 2.24) is 29.8 Å². The Morgan fingerprint density at radius 3 is 2.52 bits per heavy atom. The predicted molar refractivity (Wildman–Crippen MR) is 99.1 cm³/mol. The number of thioether (sulfide) groups is 1. The van der Waals surface area contributed by atoms with Gasteiger partial charge in [0.2, 0.25) is 5.16 Å². The number of aromatic nitrogens is 6. The third-order valence-corrected chi connectivity index (χ3v) is 5.21. The van der Waals surface area contributed by atoms with Gasteiger partial charge in [0.15, 0.2) is 0 Å². The van der Waals surface area contributed by atoms with Gasteiger partial charge in [-0.15, -0.1) is 5.10 Å². The minimum absolute atomic E-state index is 0.287. The van der Waals surface area contributed by atoms with Gasteiger partial charge in [-0.25, -0.2) is 4.98 Å². The summed E-state index contributed by atoms with van der Waals surface area (Å²) in [5.74, 6) is 0.287. The van der Waals surface area contributed by atoms with Crippen LogP contribution in [0.3, 0.4) is 0 Å². The van der Waals surface area contributed by atoms with E-state index in [1.165, 1.54) is 11.8 Å². The van der Waals surface area contributed by atoms with E-state index in [2.05, 4.69) is 20.5 Å². The van der Waals surface area contributed by atoms with E-state index in [9.17, 15) is 8.78 Å². The molecule has 2 aromatic heterocycles. The second-order valence-corrected chi connectivity index (χ2v) is 7.38. The van der Waals surface area contributed by atoms with Crippen LogP contribution in [-0.4, -0.2) is 29.8 Å². The maximum absolute atomic E-state index is 13.7. The molecule has 2 aromatic carbocycles. The van der Waals surface area contributed by atoms with Gasteiger partial charge < -0.3 is 0 Å². The summed E-state index contributed by atoms with van der Waals surface area (Å²) in [6.45, 7) is 1.14. The fourth-order valence-electron chi connectivity index (χ4n) is 2.87. The van der Waals surface area contributed by atoms with E-state index < -0.39 is 6.55 Å². The Labute approximate surface area is 158 Å².